The number of amides is 2. The predicted octanol–water partition coefficient (Wildman–Crippen LogP) is 2.92. The topological polar surface area (TPSA) is 84.5 Å². The molecule has 25 heavy (non-hydrogen) atoms. The van der Waals surface area contributed by atoms with Crippen LogP contribution >= 0.6 is 0 Å². The maximum atomic E-state index is 12.7. The predicted molar refractivity (Wildman–Crippen MR) is 95.8 cm³/mol. The highest BCUT2D eigenvalue weighted by molar-refractivity contribution is 6.00. The van der Waals surface area contributed by atoms with E-state index in [9.17, 15) is 14.4 Å². The van der Waals surface area contributed by atoms with E-state index in [1.165, 1.54) is 20.5 Å². The first kappa shape index (κ1) is 19.0. The Labute approximate surface area is 148 Å². The summed E-state index contributed by atoms with van der Waals surface area (Å²) in [5.41, 5.74) is 1.09. The van der Waals surface area contributed by atoms with Crippen molar-refractivity contribution in [1.29, 1.82) is 0 Å². The molecule has 0 atom stereocenters. The molecule has 1 aliphatic rings. The van der Waals surface area contributed by atoms with Gasteiger partial charge in [0.15, 0.2) is 5.78 Å². The molecule has 6 heteroatoms. The van der Waals surface area contributed by atoms with Gasteiger partial charge in [-0.15, -0.1) is 0 Å². The van der Waals surface area contributed by atoms with Crippen molar-refractivity contribution in [3.63, 3.8) is 0 Å². The highest BCUT2D eigenvalue weighted by atomic mass is 16.5. The van der Waals surface area contributed by atoms with Gasteiger partial charge in [-0.2, -0.15) is 0 Å². The van der Waals surface area contributed by atoms with E-state index >= 15 is 0 Å². The molecule has 136 valence electrons. The van der Waals surface area contributed by atoms with E-state index < -0.39 is 0 Å². The van der Waals surface area contributed by atoms with Gasteiger partial charge in [0, 0.05) is 31.4 Å². The highest BCUT2D eigenvalue weighted by Gasteiger charge is 2.23. The minimum Gasteiger partial charge on any atom is -0.495 e. The van der Waals surface area contributed by atoms with Crippen molar-refractivity contribution in [2.75, 3.05) is 19.0 Å². The summed E-state index contributed by atoms with van der Waals surface area (Å²) in [5.74, 6) is 0.300. The lowest BCUT2D eigenvalue weighted by Crippen LogP contribution is -2.25. The molecule has 0 aromatic heterocycles. The quantitative estimate of drug-likeness (QED) is 0.744. The van der Waals surface area contributed by atoms with Crippen LogP contribution in [0.15, 0.2) is 18.2 Å². The van der Waals surface area contributed by atoms with E-state index in [0.29, 0.717) is 17.0 Å². The summed E-state index contributed by atoms with van der Waals surface area (Å²) in [5, 5.41) is 5.34. The van der Waals surface area contributed by atoms with Gasteiger partial charge in [0.05, 0.1) is 12.8 Å². The molecule has 1 saturated carbocycles. The lowest BCUT2D eigenvalue weighted by molar-refractivity contribution is -0.119. The largest absolute Gasteiger partial charge is 0.495 e. The number of ketones is 1. The van der Waals surface area contributed by atoms with Crippen molar-refractivity contribution in [3.05, 3.63) is 23.8 Å². The zero-order chi connectivity index (χ0) is 18.2. The minimum atomic E-state index is -0.241. The number of carbonyl (C=O) groups is 3. The van der Waals surface area contributed by atoms with E-state index in [1.807, 2.05) is 0 Å². The van der Waals surface area contributed by atoms with Crippen molar-refractivity contribution < 1.29 is 19.1 Å². The third-order valence-corrected chi connectivity index (χ3v) is 4.46. The first-order valence-electron chi connectivity index (χ1n) is 8.78. The van der Waals surface area contributed by atoms with Crippen LogP contribution in [0.2, 0.25) is 0 Å². The minimum absolute atomic E-state index is 0.0745. The van der Waals surface area contributed by atoms with E-state index in [0.717, 1.165) is 25.7 Å². The SMILES string of the molecule is COc1ccc(C(=O)C2CCCCC2)cc1NC(=O)CCNC(C)=O. The van der Waals surface area contributed by atoms with Crippen LogP contribution in [0.4, 0.5) is 5.69 Å². The summed E-state index contributed by atoms with van der Waals surface area (Å²) in [4.78, 5) is 35.6. The van der Waals surface area contributed by atoms with Gasteiger partial charge in [0.1, 0.15) is 5.75 Å². The molecule has 2 amide bonds. The number of nitrogens with one attached hydrogen (secondary N) is 2. The summed E-state index contributed by atoms with van der Waals surface area (Å²) in [6.45, 7) is 1.67. The molecule has 2 N–H and O–H groups in total. The average molecular weight is 346 g/mol. The molecule has 1 aromatic carbocycles. The van der Waals surface area contributed by atoms with Crippen LogP contribution in [0.25, 0.3) is 0 Å². The smallest absolute Gasteiger partial charge is 0.226 e. The highest BCUT2D eigenvalue weighted by Crippen LogP contribution is 2.30. The number of hydrogen-bond acceptors (Lipinski definition) is 4. The van der Waals surface area contributed by atoms with Crippen LogP contribution in [-0.4, -0.2) is 31.3 Å². The second-order valence-electron chi connectivity index (χ2n) is 6.40. The molecule has 0 heterocycles. The summed E-state index contributed by atoms with van der Waals surface area (Å²) >= 11 is 0. The molecule has 0 bridgehead atoms. The monoisotopic (exact) mass is 346 g/mol. The Morgan fingerprint density at radius 2 is 1.88 bits per heavy atom. The number of ether oxygens (including phenoxy) is 1. The third kappa shape index (κ3) is 5.59. The lowest BCUT2D eigenvalue weighted by atomic mass is 9.84. The summed E-state index contributed by atoms with van der Waals surface area (Å²) in [7, 11) is 1.52. The molecule has 1 aromatic rings. The van der Waals surface area contributed by atoms with Gasteiger partial charge < -0.3 is 15.4 Å². The Morgan fingerprint density at radius 3 is 2.52 bits per heavy atom. The Hall–Kier alpha value is -2.37. The second-order valence-corrected chi connectivity index (χ2v) is 6.40. The maximum absolute atomic E-state index is 12.7. The number of rotatable bonds is 7. The van der Waals surface area contributed by atoms with Crippen LogP contribution < -0.4 is 15.4 Å². The van der Waals surface area contributed by atoms with Crippen LogP contribution in [0.1, 0.15) is 55.8 Å². The van der Waals surface area contributed by atoms with Gasteiger partial charge in [0.2, 0.25) is 11.8 Å². The maximum Gasteiger partial charge on any atom is 0.226 e. The van der Waals surface area contributed by atoms with Gasteiger partial charge >= 0.3 is 0 Å². The summed E-state index contributed by atoms with van der Waals surface area (Å²) in [6, 6.07) is 5.15. The number of Topliss-reactive ketones (excluding diaryl/α,β-unsaturated/α-hetero) is 1. The molecular formula is C19H26N2O4. The second kappa shape index (κ2) is 9.20. The van der Waals surface area contributed by atoms with Crippen molar-refractivity contribution >= 4 is 23.3 Å². The number of anilines is 1. The van der Waals surface area contributed by atoms with Gasteiger partial charge in [-0.1, -0.05) is 19.3 Å². The standard InChI is InChI=1S/C19H26N2O4/c1-13(22)20-11-10-18(23)21-16-12-15(8-9-17(16)25-2)19(24)14-6-4-3-5-7-14/h8-9,12,14H,3-7,10-11H2,1-2H3,(H,20,22)(H,21,23). The van der Waals surface area contributed by atoms with E-state index in [-0.39, 0.29) is 36.5 Å². The van der Waals surface area contributed by atoms with E-state index in [2.05, 4.69) is 10.6 Å². The van der Waals surface area contributed by atoms with Gasteiger partial charge in [-0.05, 0) is 31.0 Å². The van der Waals surface area contributed by atoms with Crippen LogP contribution in [0.3, 0.4) is 0 Å². The van der Waals surface area contributed by atoms with Crippen molar-refractivity contribution in [1.82, 2.24) is 5.32 Å². The van der Waals surface area contributed by atoms with Crippen LogP contribution in [0.5, 0.6) is 5.75 Å². The summed E-state index contributed by atoms with van der Waals surface area (Å²) < 4.78 is 5.27. The van der Waals surface area contributed by atoms with Crippen molar-refractivity contribution in [2.24, 2.45) is 5.92 Å². The molecule has 0 radical (unpaired) electrons. The zero-order valence-electron chi connectivity index (χ0n) is 14.9. The third-order valence-electron chi connectivity index (χ3n) is 4.46. The number of carbonyl (C=O) groups excluding carboxylic acids is 3. The average Bonchev–Trinajstić information content (AvgIpc) is 2.61. The molecule has 1 fully saturated rings. The van der Waals surface area contributed by atoms with Crippen molar-refractivity contribution in [3.8, 4) is 5.75 Å². The van der Waals surface area contributed by atoms with Crippen molar-refractivity contribution in [2.45, 2.75) is 45.4 Å². The Kier molecular flexibility index (Phi) is 6.98. The van der Waals surface area contributed by atoms with Gasteiger partial charge in [0.25, 0.3) is 0 Å². The molecule has 6 nitrogen and oxygen atoms in total. The lowest BCUT2D eigenvalue weighted by Gasteiger charge is -2.21. The molecule has 2 rings (SSSR count). The normalized spacial score (nSPS) is 14.6. The van der Waals surface area contributed by atoms with Crippen LogP contribution in [0, 0.1) is 5.92 Å². The van der Waals surface area contributed by atoms with Gasteiger partial charge in [-0.3, -0.25) is 14.4 Å². The Balaban J connectivity index is 2.06. The van der Waals surface area contributed by atoms with E-state index in [1.54, 1.807) is 18.2 Å². The molecule has 0 aliphatic heterocycles. The zero-order valence-corrected chi connectivity index (χ0v) is 14.9. The van der Waals surface area contributed by atoms with E-state index in [4.69, 9.17) is 4.74 Å². The number of benzene rings is 1. The first-order valence-corrected chi connectivity index (χ1v) is 8.78. The fourth-order valence-electron chi connectivity index (χ4n) is 3.12. The van der Waals surface area contributed by atoms with Crippen LogP contribution in [-0.2, 0) is 9.59 Å². The summed E-state index contributed by atoms with van der Waals surface area (Å²) in [6.07, 6.45) is 5.41. The van der Waals surface area contributed by atoms with Gasteiger partial charge in [-0.25, -0.2) is 0 Å². The molecule has 0 saturated heterocycles. The number of methoxy groups -OCH3 is 1. The molecule has 0 unspecified atom stereocenters. The molecule has 0 spiro atoms. The first-order chi connectivity index (χ1) is 12.0. The fourth-order valence-corrected chi connectivity index (χ4v) is 3.12. The Bertz CT molecular complexity index is 636. The number of hydrogen-bond donors (Lipinski definition) is 2. The Morgan fingerprint density at radius 1 is 1.16 bits per heavy atom. The molecular weight excluding hydrogens is 320 g/mol. The molecule has 1 aliphatic carbocycles. The fraction of sp³-hybridized carbons (Fsp3) is 0.526.